The van der Waals surface area contributed by atoms with Crippen LogP contribution in [0.3, 0.4) is 0 Å². The van der Waals surface area contributed by atoms with Crippen molar-refractivity contribution in [2.75, 3.05) is 33.1 Å². The molecule has 3 N–H and O–H groups in total. The highest BCUT2D eigenvalue weighted by molar-refractivity contribution is 7.92. The van der Waals surface area contributed by atoms with Gasteiger partial charge in [-0.3, -0.25) is 0 Å². The number of benzene rings is 3. The highest BCUT2D eigenvalue weighted by Gasteiger charge is 2.38. The molecule has 1 aliphatic rings. The molecule has 1 fully saturated rings. The van der Waals surface area contributed by atoms with Gasteiger partial charge in [-0.05, 0) is 59.3 Å². The third-order valence-corrected chi connectivity index (χ3v) is 9.84. The molecule has 3 aromatic carbocycles. The van der Waals surface area contributed by atoms with Crippen molar-refractivity contribution in [1.82, 2.24) is 9.80 Å². The molecule has 0 spiro atoms. The number of urea groups is 1. The van der Waals surface area contributed by atoms with E-state index in [1.165, 1.54) is 36.1 Å². The van der Waals surface area contributed by atoms with Crippen LogP contribution in [0.25, 0.3) is 0 Å². The Morgan fingerprint density at radius 1 is 1.02 bits per heavy atom. The van der Waals surface area contributed by atoms with E-state index in [2.05, 4.69) is 5.32 Å². The molecule has 1 saturated carbocycles. The van der Waals surface area contributed by atoms with Gasteiger partial charge in [-0.2, -0.15) is 0 Å². The van der Waals surface area contributed by atoms with Crippen molar-refractivity contribution >= 4 is 40.2 Å². The Morgan fingerprint density at radius 2 is 1.73 bits per heavy atom. The maximum atomic E-state index is 13.2. The number of sulfone groups is 1. The van der Waals surface area contributed by atoms with Gasteiger partial charge < -0.3 is 34.6 Å². The van der Waals surface area contributed by atoms with Crippen LogP contribution in [0.5, 0.6) is 5.75 Å². The van der Waals surface area contributed by atoms with E-state index in [1.807, 2.05) is 37.3 Å². The second-order valence-electron chi connectivity index (χ2n) is 11.0. The zero-order valence-electron chi connectivity index (χ0n) is 25.3. The minimum Gasteiger partial charge on any atom is -0.496 e. The van der Waals surface area contributed by atoms with Gasteiger partial charge in [-0.25, -0.2) is 18.0 Å². The standard InChI is InChI=1S/C31H38BN3O8S/c1-21(27-17-24(32(38)39)10-14-28(27)42-4)18-34(2)30(36)33-25-11-15-29(44(40,41)26-12-13-26)23(16-25)19-35(3)31(37)43-20-22-8-6-5-7-9-22/h5-11,14-17,21,26,38-39H,12-13,18-20H2,1-4H3,(H,33,36)/t21-/m1/s1. The van der Waals surface area contributed by atoms with Crippen molar-refractivity contribution in [3.63, 3.8) is 0 Å². The van der Waals surface area contributed by atoms with Crippen molar-refractivity contribution in [3.8, 4) is 5.75 Å². The summed E-state index contributed by atoms with van der Waals surface area (Å²) in [4.78, 5) is 28.8. The number of nitrogens with zero attached hydrogens (tertiary/aromatic N) is 2. The number of nitrogens with one attached hydrogen (secondary N) is 1. The molecule has 0 saturated heterocycles. The molecule has 0 aromatic heterocycles. The largest absolute Gasteiger partial charge is 0.496 e. The zero-order valence-corrected chi connectivity index (χ0v) is 26.1. The SMILES string of the molecule is COc1ccc(B(O)O)cc1[C@H](C)CN(C)C(=O)Nc1ccc(S(=O)(=O)C2CC2)c(CN(C)C(=O)OCc2ccccc2)c1. The molecule has 44 heavy (non-hydrogen) atoms. The van der Waals surface area contributed by atoms with Gasteiger partial charge in [0.05, 0.1) is 23.8 Å². The molecule has 11 nitrogen and oxygen atoms in total. The van der Waals surface area contributed by atoms with Gasteiger partial charge in [-0.1, -0.05) is 49.4 Å². The lowest BCUT2D eigenvalue weighted by Crippen LogP contribution is -2.35. The summed E-state index contributed by atoms with van der Waals surface area (Å²) in [7, 11) is -0.576. The zero-order chi connectivity index (χ0) is 32.0. The van der Waals surface area contributed by atoms with Crippen molar-refractivity contribution in [3.05, 3.63) is 83.4 Å². The normalized spacial score (nSPS) is 13.5. The van der Waals surface area contributed by atoms with Crippen molar-refractivity contribution in [2.45, 2.75) is 49.0 Å². The highest BCUT2D eigenvalue weighted by atomic mass is 32.2. The number of amides is 3. The summed E-state index contributed by atoms with van der Waals surface area (Å²) in [6.07, 6.45) is 0.562. The molecule has 0 heterocycles. The Kier molecular flexibility index (Phi) is 10.6. The first-order chi connectivity index (χ1) is 20.9. The summed E-state index contributed by atoms with van der Waals surface area (Å²) in [6, 6.07) is 18.2. The van der Waals surface area contributed by atoms with Gasteiger partial charge in [0.25, 0.3) is 0 Å². The predicted molar refractivity (Wildman–Crippen MR) is 168 cm³/mol. The molecular formula is C31H38BN3O8S. The molecule has 1 atom stereocenters. The predicted octanol–water partition coefficient (Wildman–Crippen LogP) is 3.35. The van der Waals surface area contributed by atoms with E-state index in [-0.39, 0.29) is 30.5 Å². The number of hydrogen-bond donors (Lipinski definition) is 3. The quantitative estimate of drug-likeness (QED) is 0.261. The van der Waals surface area contributed by atoms with Gasteiger partial charge in [0, 0.05) is 32.2 Å². The number of ether oxygens (including phenoxy) is 2. The molecule has 1 aliphatic carbocycles. The number of carbonyl (C=O) groups excluding carboxylic acids is 2. The molecule has 3 aromatic rings. The number of rotatable bonds is 12. The number of hydrogen-bond acceptors (Lipinski definition) is 8. The van der Waals surface area contributed by atoms with Crippen LogP contribution < -0.4 is 15.5 Å². The van der Waals surface area contributed by atoms with E-state index in [4.69, 9.17) is 9.47 Å². The van der Waals surface area contributed by atoms with Gasteiger partial charge >= 0.3 is 19.2 Å². The third kappa shape index (κ3) is 8.10. The van der Waals surface area contributed by atoms with Gasteiger partial charge in [-0.15, -0.1) is 0 Å². The Morgan fingerprint density at radius 3 is 2.36 bits per heavy atom. The van der Waals surface area contributed by atoms with E-state index >= 15 is 0 Å². The first kappa shape index (κ1) is 32.8. The summed E-state index contributed by atoms with van der Waals surface area (Å²) >= 11 is 0. The lowest BCUT2D eigenvalue weighted by molar-refractivity contribution is 0.102. The first-order valence-electron chi connectivity index (χ1n) is 14.3. The number of carbonyl (C=O) groups is 2. The number of methoxy groups -OCH3 is 1. The second-order valence-corrected chi connectivity index (χ2v) is 13.2. The minimum absolute atomic E-state index is 0.0433. The average molecular weight is 624 g/mol. The van der Waals surface area contributed by atoms with Crippen LogP contribution in [0, 0.1) is 0 Å². The lowest BCUT2D eigenvalue weighted by atomic mass is 9.78. The van der Waals surface area contributed by atoms with Gasteiger partial charge in [0.2, 0.25) is 0 Å². The molecule has 4 rings (SSSR count). The van der Waals surface area contributed by atoms with Gasteiger partial charge in [0.1, 0.15) is 12.4 Å². The monoisotopic (exact) mass is 623 g/mol. The minimum atomic E-state index is -3.60. The smallest absolute Gasteiger partial charge is 0.488 e. The molecule has 0 radical (unpaired) electrons. The highest BCUT2D eigenvalue weighted by Crippen LogP contribution is 2.36. The summed E-state index contributed by atoms with van der Waals surface area (Å²) in [5.74, 6) is 0.329. The Labute approximate surface area is 258 Å². The lowest BCUT2D eigenvalue weighted by Gasteiger charge is -2.24. The van der Waals surface area contributed by atoms with E-state index in [0.717, 1.165) is 5.56 Å². The molecule has 13 heteroatoms. The van der Waals surface area contributed by atoms with Crippen LogP contribution in [0.2, 0.25) is 0 Å². The van der Waals surface area contributed by atoms with Crippen molar-refractivity contribution < 1.29 is 37.5 Å². The van der Waals surface area contributed by atoms with Crippen molar-refractivity contribution in [1.29, 1.82) is 0 Å². The van der Waals surface area contributed by atoms with Gasteiger partial charge in [0.15, 0.2) is 9.84 Å². The second kappa shape index (κ2) is 14.1. The Bertz CT molecular complexity index is 1580. The van der Waals surface area contributed by atoms with Crippen LogP contribution in [0.15, 0.2) is 71.6 Å². The molecule has 234 valence electrons. The summed E-state index contributed by atoms with van der Waals surface area (Å²) < 4.78 is 37.3. The maximum Gasteiger partial charge on any atom is 0.488 e. The van der Waals surface area contributed by atoms with E-state index < -0.39 is 34.3 Å². The summed E-state index contributed by atoms with van der Waals surface area (Å²) in [5.41, 5.74) is 2.58. The van der Waals surface area contributed by atoms with Crippen LogP contribution in [-0.4, -0.2) is 80.5 Å². The fraction of sp³-hybridized carbons (Fsp3) is 0.355. The summed E-state index contributed by atoms with van der Waals surface area (Å²) in [5, 5.41) is 21.5. The fourth-order valence-corrected chi connectivity index (χ4v) is 6.74. The maximum absolute atomic E-state index is 13.2. The number of likely N-dealkylation sites (N-methyl/N-ethyl adjacent to an activating group) is 1. The summed E-state index contributed by atoms with van der Waals surface area (Å²) in [6.45, 7) is 2.19. The first-order valence-corrected chi connectivity index (χ1v) is 15.8. The molecule has 0 bridgehead atoms. The fourth-order valence-electron chi connectivity index (χ4n) is 4.88. The average Bonchev–Trinajstić information content (AvgIpc) is 3.86. The molecule has 3 amide bonds. The Balaban J connectivity index is 1.48. The number of anilines is 1. The topological polar surface area (TPSA) is 146 Å². The molecule has 0 aliphatic heterocycles. The van der Waals surface area contributed by atoms with Crippen LogP contribution in [0.4, 0.5) is 15.3 Å². The van der Waals surface area contributed by atoms with Crippen LogP contribution in [-0.2, 0) is 27.7 Å². The van der Waals surface area contributed by atoms with E-state index in [1.54, 1.807) is 31.3 Å². The third-order valence-electron chi connectivity index (χ3n) is 7.48. The van der Waals surface area contributed by atoms with E-state index in [0.29, 0.717) is 40.9 Å². The van der Waals surface area contributed by atoms with E-state index in [9.17, 15) is 28.1 Å². The molecular weight excluding hydrogens is 585 g/mol. The van der Waals surface area contributed by atoms with Crippen LogP contribution in [0.1, 0.15) is 42.4 Å². The van der Waals surface area contributed by atoms with Crippen LogP contribution >= 0.6 is 0 Å². The Hall–Kier alpha value is -4.07. The van der Waals surface area contributed by atoms with Crippen molar-refractivity contribution in [2.24, 2.45) is 0 Å². The molecule has 0 unspecified atom stereocenters.